The van der Waals surface area contributed by atoms with Crippen molar-refractivity contribution in [3.63, 3.8) is 0 Å². The molecule has 1 unspecified atom stereocenters. The van der Waals surface area contributed by atoms with Crippen LogP contribution in [0.15, 0.2) is 71.1 Å². The van der Waals surface area contributed by atoms with E-state index < -0.39 is 17.8 Å². The highest BCUT2D eigenvalue weighted by molar-refractivity contribution is 5.63. The largest absolute Gasteiger partial charge is 0.460 e. The van der Waals surface area contributed by atoms with Crippen LogP contribution >= 0.6 is 0 Å². The number of aliphatic hydroxyl groups excluding tert-OH is 1. The van der Waals surface area contributed by atoms with Crippen molar-refractivity contribution in [2.75, 3.05) is 13.6 Å². The van der Waals surface area contributed by atoms with Gasteiger partial charge in [-0.15, -0.1) is 0 Å². The maximum Gasteiger partial charge on any atom is 0.417 e. The van der Waals surface area contributed by atoms with Crippen molar-refractivity contribution in [2.45, 2.75) is 18.8 Å². The Balaban J connectivity index is 1.70. The van der Waals surface area contributed by atoms with Crippen molar-refractivity contribution in [1.29, 1.82) is 0 Å². The molecule has 1 aromatic heterocycles. The fourth-order valence-corrected chi connectivity index (χ4v) is 2.96. The number of hydrogen-bond acceptors (Lipinski definition) is 3. The monoisotopic (exact) mass is 375 g/mol. The van der Waals surface area contributed by atoms with Crippen LogP contribution in [0.2, 0.25) is 0 Å². The molecule has 1 heterocycles. The summed E-state index contributed by atoms with van der Waals surface area (Å²) in [5.41, 5.74) is 0.102. The Labute approximate surface area is 155 Å². The Hall–Kier alpha value is -2.57. The first-order valence-corrected chi connectivity index (χ1v) is 8.51. The lowest BCUT2D eigenvalue weighted by Gasteiger charge is -2.19. The van der Waals surface area contributed by atoms with Gasteiger partial charge in [0.05, 0.1) is 18.2 Å². The van der Waals surface area contributed by atoms with E-state index in [4.69, 9.17) is 4.42 Å². The first-order chi connectivity index (χ1) is 12.8. The number of hydrogen-bond donors (Lipinski definition) is 1. The first-order valence-electron chi connectivity index (χ1n) is 8.51. The van der Waals surface area contributed by atoms with Crippen molar-refractivity contribution >= 4 is 0 Å². The molecule has 0 radical (unpaired) electrons. The zero-order chi connectivity index (χ0) is 19.4. The quantitative estimate of drug-likeness (QED) is 0.649. The summed E-state index contributed by atoms with van der Waals surface area (Å²) in [7, 11) is 1.82. The van der Waals surface area contributed by atoms with E-state index in [1.807, 2.05) is 42.3 Å². The zero-order valence-electron chi connectivity index (χ0n) is 14.8. The van der Waals surface area contributed by atoms with E-state index in [2.05, 4.69) is 0 Å². The molecule has 0 amide bonds. The number of benzene rings is 2. The first kappa shape index (κ1) is 19.2. The van der Waals surface area contributed by atoms with E-state index in [0.717, 1.165) is 11.6 Å². The van der Waals surface area contributed by atoms with E-state index in [0.29, 0.717) is 18.8 Å². The minimum absolute atomic E-state index is 0.0169. The highest BCUT2D eigenvalue weighted by atomic mass is 19.4. The maximum absolute atomic E-state index is 13.2. The number of nitrogens with zero attached hydrogens (tertiary/aromatic N) is 1. The third-order valence-electron chi connectivity index (χ3n) is 4.25. The average Bonchev–Trinajstić information content (AvgIpc) is 3.10. The van der Waals surface area contributed by atoms with Gasteiger partial charge < -0.3 is 9.52 Å². The molecule has 1 atom stereocenters. The molecule has 2 aromatic carbocycles. The Morgan fingerprint density at radius 1 is 0.963 bits per heavy atom. The van der Waals surface area contributed by atoms with Gasteiger partial charge in [0.15, 0.2) is 0 Å². The number of alkyl halides is 3. The lowest BCUT2D eigenvalue weighted by molar-refractivity contribution is -0.137. The number of aliphatic hydroxyl groups is 1. The molecule has 0 saturated carbocycles. The van der Waals surface area contributed by atoms with Gasteiger partial charge in [-0.3, -0.25) is 4.90 Å². The van der Waals surface area contributed by atoms with Gasteiger partial charge in [0.25, 0.3) is 0 Å². The second-order valence-corrected chi connectivity index (χ2v) is 6.43. The van der Waals surface area contributed by atoms with E-state index in [9.17, 15) is 18.3 Å². The summed E-state index contributed by atoms with van der Waals surface area (Å²) in [5, 5.41) is 10.3. The van der Waals surface area contributed by atoms with Crippen LogP contribution in [0, 0.1) is 0 Å². The van der Waals surface area contributed by atoms with Gasteiger partial charge >= 0.3 is 6.18 Å². The normalized spacial score (nSPS) is 13.1. The lowest BCUT2D eigenvalue weighted by atomic mass is 10.1. The van der Waals surface area contributed by atoms with Crippen LogP contribution in [-0.2, 0) is 12.7 Å². The summed E-state index contributed by atoms with van der Waals surface area (Å²) in [6.07, 6.45) is -5.10. The van der Waals surface area contributed by atoms with Gasteiger partial charge in [0.1, 0.15) is 11.5 Å². The summed E-state index contributed by atoms with van der Waals surface area (Å²) in [6, 6.07) is 17.8. The second kappa shape index (κ2) is 7.98. The van der Waals surface area contributed by atoms with Crippen LogP contribution in [0.3, 0.4) is 0 Å². The summed E-state index contributed by atoms with van der Waals surface area (Å²) in [6.45, 7) is 0.747. The summed E-state index contributed by atoms with van der Waals surface area (Å²) < 4.78 is 45.2. The molecular weight excluding hydrogens is 355 g/mol. The van der Waals surface area contributed by atoms with Crippen LogP contribution in [0.1, 0.15) is 23.0 Å². The number of likely N-dealkylation sites (N-methyl/N-ethyl adjacent to an activating group) is 1. The summed E-state index contributed by atoms with van der Waals surface area (Å²) in [4.78, 5) is 1.86. The molecule has 0 spiro atoms. The van der Waals surface area contributed by atoms with Gasteiger partial charge in [-0.1, -0.05) is 48.5 Å². The molecule has 0 aliphatic heterocycles. The van der Waals surface area contributed by atoms with Crippen LogP contribution in [0.4, 0.5) is 13.2 Å². The molecule has 6 heteroatoms. The molecule has 142 valence electrons. The molecule has 3 rings (SSSR count). The topological polar surface area (TPSA) is 36.6 Å². The Bertz CT molecular complexity index is 874. The molecule has 0 bridgehead atoms. The third-order valence-corrected chi connectivity index (χ3v) is 4.25. The Kier molecular flexibility index (Phi) is 5.68. The molecule has 0 aliphatic carbocycles. The van der Waals surface area contributed by atoms with Gasteiger partial charge in [-0.05, 0) is 30.8 Å². The molecule has 27 heavy (non-hydrogen) atoms. The average molecular weight is 375 g/mol. The maximum atomic E-state index is 13.2. The number of rotatable bonds is 6. The molecule has 1 N–H and O–H groups in total. The fraction of sp³-hybridized carbons (Fsp3) is 0.238. The smallest absolute Gasteiger partial charge is 0.417 e. The predicted molar refractivity (Wildman–Crippen MR) is 96.9 cm³/mol. The van der Waals surface area contributed by atoms with Gasteiger partial charge in [0, 0.05) is 12.1 Å². The van der Waals surface area contributed by atoms with Gasteiger partial charge in [-0.2, -0.15) is 13.2 Å². The molecule has 3 aromatic rings. The predicted octanol–water partition coefficient (Wildman–Crippen LogP) is 5.13. The molecule has 0 aliphatic rings. The number of furan rings is 1. The minimum Gasteiger partial charge on any atom is -0.460 e. The van der Waals surface area contributed by atoms with Crippen LogP contribution in [-0.4, -0.2) is 23.6 Å². The zero-order valence-corrected chi connectivity index (χ0v) is 14.8. The minimum atomic E-state index is -4.44. The van der Waals surface area contributed by atoms with Crippen molar-refractivity contribution < 1.29 is 22.7 Å². The van der Waals surface area contributed by atoms with Crippen molar-refractivity contribution in [3.05, 3.63) is 83.6 Å². The van der Waals surface area contributed by atoms with Crippen LogP contribution in [0.25, 0.3) is 11.3 Å². The lowest BCUT2D eigenvalue weighted by Crippen LogP contribution is -2.24. The standard InChI is InChI=1S/C21H20F3NO2/c1-25(14-19(26)15-7-3-2-4-8-15)13-16-11-12-20(27-16)17-9-5-6-10-18(17)21(22,23)24/h2-12,19,26H,13-14H2,1H3. The van der Waals surface area contributed by atoms with Crippen LogP contribution in [0.5, 0.6) is 0 Å². The SMILES string of the molecule is CN(Cc1ccc(-c2ccccc2C(F)(F)F)o1)CC(O)c1ccccc1. The highest BCUT2D eigenvalue weighted by Gasteiger charge is 2.34. The molecule has 0 saturated heterocycles. The van der Waals surface area contributed by atoms with E-state index in [1.54, 1.807) is 18.2 Å². The van der Waals surface area contributed by atoms with E-state index in [1.165, 1.54) is 12.1 Å². The Morgan fingerprint density at radius 3 is 2.33 bits per heavy atom. The summed E-state index contributed by atoms with van der Waals surface area (Å²) in [5.74, 6) is 0.708. The summed E-state index contributed by atoms with van der Waals surface area (Å²) >= 11 is 0. The molecular formula is C21H20F3NO2. The second-order valence-electron chi connectivity index (χ2n) is 6.43. The van der Waals surface area contributed by atoms with E-state index in [-0.39, 0.29) is 11.3 Å². The Morgan fingerprint density at radius 2 is 1.63 bits per heavy atom. The van der Waals surface area contributed by atoms with Crippen molar-refractivity contribution in [2.24, 2.45) is 0 Å². The fourth-order valence-electron chi connectivity index (χ4n) is 2.96. The van der Waals surface area contributed by atoms with E-state index >= 15 is 0 Å². The third kappa shape index (κ3) is 4.78. The van der Waals surface area contributed by atoms with Crippen molar-refractivity contribution in [1.82, 2.24) is 4.90 Å². The molecule has 0 fully saturated rings. The number of halogens is 3. The van der Waals surface area contributed by atoms with Crippen LogP contribution < -0.4 is 0 Å². The molecule has 3 nitrogen and oxygen atoms in total. The van der Waals surface area contributed by atoms with Gasteiger partial charge in [-0.25, -0.2) is 0 Å². The van der Waals surface area contributed by atoms with Gasteiger partial charge in [0.2, 0.25) is 0 Å². The highest BCUT2D eigenvalue weighted by Crippen LogP contribution is 2.37. The van der Waals surface area contributed by atoms with Crippen molar-refractivity contribution in [3.8, 4) is 11.3 Å².